The van der Waals surface area contributed by atoms with E-state index >= 15 is 0 Å². The fraction of sp³-hybridized carbons (Fsp3) is 0.0600. The molecule has 0 aromatic heterocycles. The number of nitrogens with zero attached hydrogens (tertiary/aromatic N) is 1. The Bertz CT molecular complexity index is 2660. The molecule has 1 aliphatic carbocycles. The molecule has 0 saturated carbocycles. The molecule has 8 aromatic carbocycles. The number of rotatable bonds is 5. The van der Waals surface area contributed by atoms with E-state index in [0.717, 1.165) is 12.0 Å². The van der Waals surface area contributed by atoms with Crippen LogP contribution < -0.4 is 0 Å². The predicted octanol–water partition coefficient (Wildman–Crippen LogP) is 13.1. The Hall–Kier alpha value is -6.31. The zero-order valence-corrected chi connectivity index (χ0v) is 28.3. The van der Waals surface area contributed by atoms with Crippen LogP contribution in [0.15, 0.2) is 187 Å². The SMILES string of the molecule is C=C1c2c(cccc2-c2cccc3ccccc23)-c2cc(-c3ccc(C4=NC(c5ccccc5)C(c5ccccc5)C4)cc3)c3ccccc3c21. The van der Waals surface area contributed by atoms with E-state index in [1.54, 1.807) is 0 Å². The van der Waals surface area contributed by atoms with Crippen molar-refractivity contribution in [2.75, 3.05) is 0 Å². The second-order valence-corrected chi connectivity index (χ2v) is 13.9. The van der Waals surface area contributed by atoms with Crippen LogP contribution in [0.5, 0.6) is 0 Å². The van der Waals surface area contributed by atoms with Gasteiger partial charge in [0.2, 0.25) is 0 Å². The molecule has 1 nitrogen and oxygen atoms in total. The summed E-state index contributed by atoms with van der Waals surface area (Å²) in [6.07, 6.45) is 0.919. The van der Waals surface area contributed by atoms with E-state index in [1.807, 2.05) is 0 Å². The van der Waals surface area contributed by atoms with Crippen LogP contribution in [0.2, 0.25) is 0 Å². The maximum absolute atomic E-state index is 5.38. The zero-order valence-electron chi connectivity index (χ0n) is 28.3. The van der Waals surface area contributed by atoms with Gasteiger partial charge in [0.25, 0.3) is 0 Å². The van der Waals surface area contributed by atoms with Crippen molar-refractivity contribution in [2.45, 2.75) is 18.4 Å². The van der Waals surface area contributed by atoms with E-state index in [4.69, 9.17) is 11.6 Å². The molecule has 2 unspecified atom stereocenters. The number of fused-ring (bicyclic) bond motifs is 6. The van der Waals surface area contributed by atoms with Gasteiger partial charge in [0, 0.05) is 11.6 Å². The van der Waals surface area contributed by atoms with Gasteiger partial charge in [0.15, 0.2) is 0 Å². The molecular weight excluding hydrogens is 615 g/mol. The first-order valence-corrected chi connectivity index (χ1v) is 17.9. The second kappa shape index (κ2) is 11.9. The molecule has 8 aromatic rings. The summed E-state index contributed by atoms with van der Waals surface area (Å²) >= 11 is 0. The van der Waals surface area contributed by atoms with Gasteiger partial charge in [0.1, 0.15) is 0 Å². The normalized spacial score (nSPS) is 16.3. The van der Waals surface area contributed by atoms with E-state index in [1.165, 1.54) is 88.5 Å². The fourth-order valence-electron chi connectivity index (χ4n) is 8.69. The van der Waals surface area contributed by atoms with Gasteiger partial charge in [-0.1, -0.05) is 176 Å². The first-order chi connectivity index (χ1) is 25.2. The highest BCUT2D eigenvalue weighted by molar-refractivity contribution is 6.17. The van der Waals surface area contributed by atoms with E-state index < -0.39 is 0 Å². The molecule has 1 heterocycles. The van der Waals surface area contributed by atoms with Crippen molar-refractivity contribution in [1.29, 1.82) is 0 Å². The van der Waals surface area contributed by atoms with Gasteiger partial charge < -0.3 is 0 Å². The average molecular weight is 650 g/mol. The Balaban J connectivity index is 1.07. The number of benzene rings is 8. The second-order valence-electron chi connectivity index (χ2n) is 13.9. The maximum Gasteiger partial charge on any atom is 0.0824 e. The lowest BCUT2D eigenvalue weighted by Crippen LogP contribution is -2.06. The van der Waals surface area contributed by atoms with Crippen LogP contribution in [-0.4, -0.2) is 5.71 Å². The molecule has 0 spiro atoms. The Morgan fingerprint density at radius 2 is 1.00 bits per heavy atom. The lowest BCUT2D eigenvalue weighted by Gasteiger charge is -2.18. The molecule has 240 valence electrons. The summed E-state index contributed by atoms with van der Waals surface area (Å²) in [6, 6.07) is 64.1. The first-order valence-electron chi connectivity index (χ1n) is 17.9. The molecule has 0 N–H and O–H groups in total. The molecule has 0 saturated heterocycles. The van der Waals surface area contributed by atoms with Gasteiger partial charge in [-0.25, -0.2) is 0 Å². The van der Waals surface area contributed by atoms with Crippen molar-refractivity contribution in [2.24, 2.45) is 4.99 Å². The topological polar surface area (TPSA) is 12.4 Å². The smallest absolute Gasteiger partial charge is 0.0824 e. The van der Waals surface area contributed by atoms with Crippen LogP contribution in [0.1, 0.15) is 46.2 Å². The Labute approximate surface area is 298 Å². The molecule has 1 aliphatic heterocycles. The van der Waals surface area contributed by atoms with Crippen molar-refractivity contribution in [3.05, 3.63) is 210 Å². The molecule has 2 aliphatic rings. The molecule has 1 heteroatoms. The zero-order chi connectivity index (χ0) is 33.9. The van der Waals surface area contributed by atoms with Crippen LogP contribution in [-0.2, 0) is 0 Å². The third-order valence-corrected chi connectivity index (χ3v) is 11.1. The molecular formula is C50H35N. The third kappa shape index (κ3) is 4.81. The van der Waals surface area contributed by atoms with Crippen LogP contribution in [0.4, 0.5) is 0 Å². The molecule has 0 fully saturated rings. The minimum atomic E-state index is 0.107. The lowest BCUT2D eigenvalue weighted by atomic mass is 9.85. The van der Waals surface area contributed by atoms with E-state index in [-0.39, 0.29) is 6.04 Å². The highest BCUT2D eigenvalue weighted by atomic mass is 14.9. The standard InChI is InChI=1S/C50H35N/c1-32-48-42(39-23-12-19-33-16-8-9-20-38(33)39)24-13-25-43(48)46-30-44(40-21-10-11-22-41(40)49(32)46)35-26-28-36(29-27-35)47-31-45(34-14-4-2-5-15-34)50(51-47)37-17-6-3-7-18-37/h2-30,45,50H,1,31H2. The molecule has 0 radical (unpaired) electrons. The van der Waals surface area contributed by atoms with E-state index in [2.05, 4.69) is 176 Å². The Morgan fingerprint density at radius 3 is 1.76 bits per heavy atom. The minimum absolute atomic E-state index is 0.107. The van der Waals surface area contributed by atoms with Crippen molar-refractivity contribution in [1.82, 2.24) is 0 Å². The number of aliphatic imine (C=N–C) groups is 1. The van der Waals surface area contributed by atoms with E-state index in [9.17, 15) is 0 Å². The summed E-state index contributed by atoms with van der Waals surface area (Å²) < 4.78 is 0. The highest BCUT2D eigenvalue weighted by Crippen LogP contribution is 2.52. The third-order valence-electron chi connectivity index (χ3n) is 11.1. The Morgan fingerprint density at radius 1 is 0.431 bits per heavy atom. The van der Waals surface area contributed by atoms with Crippen LogP contribution in [0.25, 0.3) is 60.5 Å². The summed E-state index contributed by atoms with van der Waals surface area (Å²) in [4.78, 5) is 5.38. The first kappa shape index (κ1) is 29.6. The van der Waals surface area contributed by atoms with Crippen molar-refractivity contribution in [3.8, 4) is 33.4 Å². The van der Waals surface area contributed by atoms with Crippen LogP contribution in [0, 0.1) is 0 Å². The number of hydrogen-bond acceptors (Lipinski definition) is 1. The average Bonchev–Trinajstić information content (AvgIpc) is 3.78. The highest BCUT2D eigenvalue weighted by Gasteiger charge is 2.33. The van der Waals surface area contributed by atoms with Crippen molar-refractivity contribution < 1.29 is 0 Å². The van der Waals surface area contributed by atoms with Crippen molar-refractivity contribution in [3.63, 3.8) is 0 Å². The molecule has 2 atom stereocenters. The monoisotopic (exact) mass is 649 g/mol. The summed E-state index contributed by atoms with van der Waals surface area (Å²) in [5.74, 6) is 0.316. The van der Waals surface area contributed by atoms with Gasteiger partial charge >= 0.3 is 0 Å². The minimum Gasteiger partial charge on any atom is -0.280 e. The summed E-state index contributed by atoms with van der Waals surface area (Å²) in [5.41, 5.74) is 16.0. The largest absolute Gasteiger partial charge is 0.280 e. The van der Waals surface area contributed by atoms with Crippen LogP contribution >= 0.6 is 0 Å². The van der Waals surface area contributed by atoms with Crippen LogP contribution in [0.3, 0.4) is 0 Å². The predicted molar refractivity (Wildman–Crippen MR) is 215 cm³/mol. The van der Waals surface area contributed by atoms with Gasteiger partial charge in [-0.2, -0.15) is 0 Å². The van der Waals surface area contributed by atoms with Gasteiger partial charge in [-0.05, 0) is 101 Å². The summed E-state index contributed by atoms with van der Waals surface area (Å²) in [6.45, 7) is 4.75. The molecule has 0 amide bonds. The molecule has 51 heavy (non-hydrogen) atoms. The summed E-state index contributed by atoms with van der Waals surface area (Å²) in [7, 11) is 0. The molecule has 10 rings (SSSR count). The summed E-state index contributed by atoms with van der Waals surface area (Å²) in [5, 5.41) is 5.01. The van der Waals surface area contributed by atoms with Gasteiger partial charge in [-0.15, -0.1) is 0 Å². The lowest BCUT2D eigenvalue weighted by molar-refractivity contribution is 0.614. The number of hydrogen-bond donors (Lipinski definition) is 0. The van der Waals surface area contributed by atoms with Crippen molar-refractivity contribution >= 4 is 32.8 Å². The Kier molecular flexibility index (Phi) is 6.92. The quantitative estimate of drug-likeness (QED) is 0.176. The van der Waals surface area contributed by atoms with Gasteiger partial charge in [0.05, 0.1) is 6.04 Å². The fourth-order valence-corrected chi connectivity index (χ4v) is 8.69. The van der Waals surface area contributed by atoms with E-state index in [0.29, 0.717) is 5.92 Å². The maximum atomic E-state index is 5.38. The van der Waals surface area contributed by atoms with Gasteiger partial charge in [-0.3, -0.25) is 4.99 Å². The molecule has 0 bridgehead atoms.